The highest BCUT2D eigenvalue weighted by Crippen LogP contribution is 2.23. The Kier molecular flexibility index (Phi) is 5.79. The standard InChI is InChI=1S/C14H29N3/c1-5-6-7-10-14(2,3)11-16-13(15-4)17-12-8-9-12/h12H,5-11H2,1-4H3,(H2,15,16,17). The number of nitrogens with zero attached hydrogens (tertiary/aromatic N) is 1. The van der Waals surface area contributed by atoms with Gasteiger partial charge in [0.2, 0.25) is 0 Å². The Morgan fingerprint density at radius 3 is 2.53 bits per heavy atom. The number of nitrogens with one attached hydrogen (secondary N) is 2. The third-order valence-corrected chi connectivity index (χ3v) is 3.33. The third kappa shape index (κ3) is 6.54. The van der Waals surface area contributed by atoms with E-state index in [0.29, 0.717) is 11.5 Å². The highest BCUT2D eigenvalue weighted by atomic mass is 15.2. The molecule has 0 unspecified atom stereocenters. The van der Waals surface area contributed by atoms with Crippen molar-refractivity contribution in [1.82, 2.24) is 10.6 Å². The minimum atomic E-state index is 0.357. The van der Waals surface area contributed by atoms with E-state index in [1.165, 1.54) is 38.5 Å². The molecule has 1 saturated carbocycles. The molecule has 0 saturated heterocycles. The lowest BCUT2D eigenvalue weighted by atomic mass is 9.87. The molecule has 0 aromatic rings. The van der Waals surface area contributed by atoms with Crippen molar-refractivity contribution in [3.05, 3.63) is 0 Å². The lowest BCUT2D eigenvalue weighted by Crippen LogP contribution is -2.42. The maximum absolute atomic E-state index is 4.26. The van der Waals surface area contributed by atoms with Crippen molar-refractivity contribution in [2.45, 2.75) is 65.3 Å². The Morgan fingerprint density at radius 1 is 1.29 bits per heavy atom. The van der Waals surface area contributed by atoms with Gasteiger partial charge in [0, 0.05) is 19.6 Å². The average Bonchev–Trinajstić information content (AvgIpc) is 3.08. The summed E-state index contributed by atoms with van der Waals surface area (Å²) in [4.78, 5) is 4.26. The highest BCUT2D eigenvalue weighted by Gasteiger charge is 2.23. The van der Waals surface area contributed by atoms with Crippen LogP contribution in [0.4, 0.5) is 0 Å². The van der Waals surface area contributed by atoms with Crippen LogP contribution in [0.2, 0.25) is 0 Å². The van der Waals surface area contributed by atoms with Crippen LogP contribution in [0.5, 0.6) is 0 Å². The highest BCUT2D eigenvalue weighted by molar-refractivity contribution is 5.80. The van der Waals surface area contributed by atoms with Crippen molar-refractivity contribution >= 4 is 5.96 Å². The van der Waals surface area contributed by atoms with Gasteiger partial charge in [-0.3, -0.25) is 4.99 Å². The minimum absolute atomic E-state index is 0.357. The molecule has 0 radical (unpaired) electrons. The molecule has 0 bridgehead atoms. The van der Waals surface area contributed by atoms with Crippen LogP contribution in [0.25, 0.3) is 0 Å². The van der Waals surface area contributed by atoms with Gasteiger partial charge in [-0.25, -0.2) is 0 Å². The molecule has 0 atom stereocenters. The zero-order valence-electron chi connectivity index (χ0n) is 12.0. The van der Waals surface area contributed by atoms with Crippen molar-refractivity contribution in [3.8, 4) is 0 Å². The first kappa shape index (κ1) is 14.3. The molecule has 3 nitrogen and oxygen atoms in total. The molecule has 0 aromatic heterocycles. The number of unbranched alkanes of at least 4 members (excludes halogenated alkanes) is 2. The van der Waals surface area contributed by atoms with E-state index < -0.39 is 0 Å². The SMILES string of the molecule is CCCCCC(C)(C)CNC(=NC)NC1CC1. The molecule has 17 heavy (non-hydrogen) atoms. The van der Waals surface area contributed by atoms with Crippen LogP contribution < -0.4 is 10.6 Å². The second kappa shape index (κ2) is 6.87. The van der Waals surface area contributed by atoms with Crippen molar-refractivity contribution < 1.29 is 0 Å². The predicted molar refractivity (Wildman–Crippen MR) is 75.4 cm³/mol. The van der Waals surface area contributed by atoms with E-state index in [9.17, 15) is 0 Å². The van der Waals surface area contributed by atoms with E-state index in [-0.39, 0.29) is 0 Å². The second-order valence-electron chi connectivity index (χ2n) is 5.97. The molecule has 0 heterocycles. The second-order valence-corrected chi connectivity index (χ2v) is 5.97. The number of hydrogen-bond donors (Lipinski definition) is 2. The lowest BCUT2D eigenvalue weighted by Gasteiger charge is -2.26. The van der Waals surface area contributed by atoms with E-state index in [1.807, 2.05) is 7.05 Å². The number of guanidine groups is 1. The van der Waals surface area contributed by atoms with E-state index in [4.69, 9.17) is 0 Å². The van der Waals surface area contributed by atoms with Crippen LogP contribution in [0.15, 0.2) is 4.99 Å². The summed E-state index contributed by atoms with van der Waals surface area (Å²) in [6.07, 6.45) is 7.85. The van der Waals surface area contributed by atoms with Crippen LogP contribution in [0.3, 0.4) is 0 Å². The zero-order chi connectivity index (χ0) is 12.7. The maximum atomic E-state index is 4.26. The molecule has 1 fully saturated rings. The average molecular weight is 239 g/mol. The molecule has 0 spiro atoms. The van der Waals surface area contributed by atoms with Gasteiger partial charge in [0.15, 0.2) is 5.96 Å². The van der Waals surface area contributed by atoms with Gasteiger partial charge in [-0.05, 0) is 24.7 Å². The smallest absolute Gasteiger partial charge is 0.191 e. The summed E-state index contributed by atoms with van der Waals surface area (Å²) in [5, 5.41) is 6.87. The van der Waals surface area contributed by atoms with Gasteiger partial charge >= 0.3 is 0 Å². The van der Waals surface area contributed by atoms with Gasteiger partial charge in [0.05, 0.1) is 0 Å². The Bertz CT molecular complexity index is 242. The summed E-state index contributed by atoms with van der Waals surface area (Å²) in [5.41, 5.74) is 0.357. The van der Waals surface area contributed by atoms with Crippen LogP contribution in [-0.4, -0.2) is 25.6 Å². The molecule has 1 rings (SSSR count). The van der Waals surface area contributed by atoms with E-state index >= 15 is 0 Å². The first-order valence-corrected chi connectivity index (χ1v) is 7.04. The summed E-state index contributed by atoms with van der Waals surface area (Å²) in [6, 6.07) is 0.671. The molecular weight excluding hydrogens is 210 g/mol. The normalized spacial score (nSPS) is 17.1. The van der Waals surface area contributed by atoms with Gasteiger partial charge in [-0.1, -0.05) is 40.0 Å². The summed E-state index contributed by atoms with van der Waals surface area (Å²) in [7, 11) is 1.85. The lowest BCUT2D eigenvalue weighted by molar-refractivity contribution is 0.318. The first-order valence-electron chi connectivity index (χ1n) is 7.04. The maximum Gasteiger partial charge on any atom is 0.191 e. The Balaban J connectivity index is 2.21. The van der Waals surface area contributed by atoms with Gasteiger partial charge in [-0.15, -0.1) is 0 Å². The molecule has 0 amide bonds. The van der Waals surface area contributed by atoms with Crippen LogP contribution in [0, 0.1) is 5.41 Å². The van der Waals surface area contributed by atoms with E-state index in [1.54, 1.807) is 0 Å². The number of rotatable bonds is 7. The predicted octanol–water partition coefficient (Wildman–Crippen LogP) is 2.92. The van der Waals surface area contributed by atoms with Crippen LogP contribution >= 0.6 is 0 Å². The summed E-state index contributed by atoms with van der Waals surface area (Å²) < 4.78 is 0. The molecular formula is C14H29N3. The molecule has 100 valence electrons. The van der Waals surface area contributed by atoms with Crippen molar-refractivity contribution in [3.63, 3.8) is 0 Å². The molecule has 1 aliphatic carbocycles. The third-order valence-electron chi connectivity index (χ3n) is 3.33. The molecule has 2 N–H and O–H groups in total. The molecule has 3 heteroatoms. The Morgan fingerprint density at radius 2 is 2.00 bits per heavy atom. The fourth-order valence-electron chi connectivity index (χ4n) is 1.88. The fraction of sp³-hybridized carbons (Fsp3) is 0.929. The van der Waals surface area contributed by atoms with Crippen LogP contribution in [0.1, 0.15) is 59.3 Å². The number of hydrogen-bond acceptors (Lipinski definition) is 1. The molecule has 0 aromatic carbocycles. The van der Waals surface area contributed by atoms with Crippen molar-refractivity contribution in [1.29, 1.82) is 0 Å². The quantitative estimate of drug-likeness (QED) is 0.407. The Labute approximate surface area is 106 Å². The van der Waals surface area contributed by atoms with E-state index in [0.717, 1.165) is 12.5 Å². The first-order chi connectivity index (χ1) is 8.07. The molecule has 0 aliphatic heterocycles. The largest absolute Gasteiger partial charge is 0.356 e. The molecule has 1 aliphatic rings. The van der Waals surface area contributed by atoms with Crippen molar-refractivity contribution in [2.24, 2.45) is 10.4 Å². The summed E-state index contributed by atoms with van der Waals surface area (Å²) in [5.74, 6) is 0.969. The van der Waals surface area contributed by atoms with E-state index in [2.05, 4.69) is 36.4 Å². The fourth-order valence-corrected chi connectivity index (χ4v) is 1.88. The number of aliphatic imine (C=N–C) groups is 1. The van der Waals surface area contributed by atoms with Gasteiger partial charge in [0.25, 0.3) is 0 Å². The van der Waals surface area contributed by atoms with Gasteiger partial charge < -0.3 is 10.6 Å². The monoisotopic (exact) mass is 239 g/mol. The Hall–Kier alpha value is -0.730. The van der Waals surface area contributed by atoms with Gasteiger partial charge in [-0.2, -0.15) is 0 Å². The summed E-state index contributed by atoms with van der Waals surface area (Å²) in [6.45, 7) is 7.93. The topological polar surface area (TPSA) is 36.4 Å². The zero-order valence-corrected chi connectivity index (χ0v) is 12.0. The van der Waals surface area contributed by atoms with Crippen molar-refractivity contribution in [2.75, 3.05) is 13.6 Å². The van der Waals surface area contributed by atoms with Crippen LogP contribution in [-0.2, 0) is 0 Å². The minimum Gasteiger partial charge on any atom is -0.356 e. The van der Waals surface area contributed by atoms with Gasteiger partial charge in [0.1, 0.15) is 0 Å². The summed E-state index contributed by atoms with van der Waals surface area (Å²) >= 11 is 0.